The van der Waals surface area contributed by atoms with Gasteiger partial charge in [0.05, 0.1) is 0 Å². The van der Waals surface area contributed by atoms with Gasteiger partial charge in [-0.25, -0.2) is 0 Å². The van der Waals surface area contributed by atoms with Gasteiger partial charge in [-0.1, -0.05) is 45.5 Å². The fourth-order valence-electron chi connectivity index (χ4n) is 2.78. The van der Waals surface area contributed by atoms with Crippen LogP contribution in [0.15, 0.2) is 61.1 Å². The minimum Gasteiger partial charge on any atom is -0.462 e. The standard InChI is InChI=1S/C21H27NO7P2/c1-15(20(2,3)4)27-18-10-8-17(9-11-18)19-28-30(5,24)21(23,31(25,26)29-19)13-16-7-6-12-22-14-16/h6-12,14,19,23-24H,1,5,13H2,2-4H3,(H,25,26). The molecule has 0 bridgehead atoms. The highest BCUT2D eigenvalue weighted by molar-refractivity contribution is 7.78. The molecule has 0 aliphatic carbocycles. The number of hydrogen-bond donors (Lipinski definition) is 3. The molecule has 2 heterocycles. The maximum Gasteiger partial charge on any atom is 0.371 e. The van der Waals surface area contributed by atoms with Crippen molar-refractivity contribution in [2.45, 2.75) is 38.6 Å². The van der Waals surface area contributed by atoms with Crippen LogP contribution in [0.25, 0.3) is 0 Å². The van der Waals surface area contributed by atoms with Crippen LogP contribution < -0.4 is 4.74 Å². The van der Waals surface area contributed by atoms with Crippen LogP contribution in [0.4, 0.5) is 0 Å². The van der Waals surface area contributed by atoms with Crippen LogP contribution in [-0.4, -0.2) is 31.3 Å². The first-order valence-electron chi connectivity index (χ1n) is 9.50. The van der Waals surface area contributed by atoms with Crippen molar-refractivity contribution < 1.29 is 33.2 Å². The van der Waals surface area contributed by atoms with Gasteiger partial charge in [0.1, 0.15) is 11.5 Å². The lowest BCUT2D eigenvalue weighted by Gasteiger charge is -2.45. The summed E-state index contributed by atoms with van der Waals surface area (Å²) in [5.41, 5.74) is 0.534. The molecule has 8 nitrogen and oxygen atoms in total. The van der Waals surface area contributed by atoms with Crippen molar-refractivity contribution in [1.29, 1.82) is 0 Å². The Morgan fingerprint density at radius 1 is 1.23 bits per heavy atom. The number of pyridine rings is 1. The molecule has 1 aliphatic rings. The van der Waals surface area contributed by atoms with Crippen LogP contribution >= 0.6 is 14.9 Å². The second-order valence-corrected chi connectivity index (χ2v) is 13.1. The summed E-state index contributed by atoms with van der Waals surface area (Å²) in [5, 5.41) is 8.39. The highest BCUT2D eigenvalue weighted by Gasteiger charge is 2.62. The Morgan fingerprint density at radius 2 is 1.87 bits per heavy atom. The van der Waals surface area contributed by atoms with Gasteiger partial charge in [-0.3, -0.25) is 18.6 Å². The van der Waals surface area contributed by atoms with Crippen molar-refractivity contribution in [3.63, 3.8) is 0 Å². The number of aromatic nitrogens is 1. The van der Waals surface area contributed by atoms with Gasteiger partial charge in [0, 0.05) is 29.8 Å². The Hall–Kier alpha value is -1.76. The first kappa shape index (κ1) is 23.9. The van der Waals surface area contributed by atoms with Gasteiger partial charge in [0.2, 0.25) is 5.08 Å². The van der Waals surface area contributed by atoms with E-state index in [2.05, 4.69) is 17.9 Å². The van der Waals surface area contributed by atoms with Crippen molar-refractivity contribution in [2.75, 3.05) is 0 Å². The van der Waals surface area contributed by atoms with Crippen LogP contribution in [0.2, 0.25) is 0 Å². The molecule has 31 heavy (non-hydrogen) atoms. The third-order valence-corrected chi connectivity index (χ3v) is 9.97. The van der Waals surface area contributed by atoms with Crippen LogP contribution in [-0.2, 0) is 20.0 Å². The molecular formula is C21H27NO7P2. The smallest absolute Gasteiger partial charge is 0.371 e. The van der Waals surface area contributed by atoms with Gasteiger partial charge >= 0.3 is 7.60 Å². The van der Waals surface area contributed by atoms with Crippen molar-refractivity contribution in [2.24, 2.45) is 5.41 Å². The van der Waals surface area contributed by atoms with E-state index in [4.69, 9.17) is 13.8 Å². The van der Waals surface area contributed by atoms with Crippen molar-refractivity contribution in [1.82, 2.24) is 4.98 Å². The summed E-state index contributed by atoms with van der Waals surface area (Å²) in [5.74, 6) is 1.09. The molecule has 0 radical (unpaired) electrons. The largest absolute Gasteiger partial charge is 0.462 e. The first-order chi connectivity index (χ1) is 14.3. The average Bonchev–Trinajstić information content (AvgIpc) is 2.66. The fourth-order valence-corrected chi connectivity index (χ4v) is 6.77. The maximum absolute atomic E-state index is 13.0. The molecule has 10 heteroatoms. The number of aliphatic hydroxyl groups is 1. The van der Waals surface area contributed by atoms with E-state index >= 15 is 0 Å². The van der Waals surface area contributed by atoms with E-state index in [9.17, 15) is 19.5 Å². The van der Waals surface area contributed by atoms with Crippen LogP contribution in [0, 0.1) is 5.41 Å². The highest BCUT2D eigenvalue weighted by atomic mass is 31.2. The Kier molecular flexibility index (Phi) is 6.40. The lowest BCUT2D eigenvalue weighted by atomic mass is 9.95. The SMILES string of the molecule is C=C(Oc1ccc(C2OP(=C)(O)C(O)(Cc3cccnc3)P(=O)(O)O2)cc1)C(C)(C)C. The summed E-state index contributed by atoms with van der Waals surface area (Å²) in [6.45, 7) is 9.82. The van der Waals surface area contributed by atoms with Gasteiger partial charge in [0.15, 0.2) is 13.6 Å². The van der Waals surface area contributed by atoms with E-state index in [0.29, 0.717) is 22.6 Å². The Bertz CT molecular complexity index is 1020. The summed E-state index contributed by atoms with van der Waals surface area (Å²) >= 11 is 0. The van der Waals surface area contributed by atoms with Gasteiger partial charge in [-0.15, -0.1) is 0 Å². The molecule has 0 amide bonds. The Morgan fingerprint density at radius 3 is 2.39 bits per heavy atom. The molecule has 2 aromatic rings. The third-order valence-electron chi connectivity index (χ3n) is 4.91. The third kappa shape index (κ3) is 4.86. The number of allylic oxidation sites excluding steroid dienone is 1. The molecule has 168 valence electrons. The normalized spacial score (nSPS) is 31.2. The van der Waals surface area contributed by atoms with Crippen LogP contribution in [0.3, 0.4) is 0 Å². The zero-order valence-electron chi connectivity index (χ0n) is 17.6. The zero-order chi connectivity index (χ0) is 23.1. The van der Waals surface area contributed by atoms with Gasteiger partial charge in [0.25, 0.3) is 0 Å². The van der Waals surface area contributed by atoms with E-state index in [1.807, 2.05) is 20.8 Å². The second-order valence-electron chi connectivity index (χ2n) is 8.42. The van der Waals surface area contributed by atoms with Crippen molar-refractivity contribution in [3.8, 4) is 5.75 Å². The predicted octanol–water partition coefficient (Wildman–Crippen LogP) is 4.41. The number of rotatable bonds is 5. The topological polar surface area (TPSA) is 118 Å². The fraction of sp³-hybridized carbons (Fsp3) is 0.333. The molecule has 0 saturated carbocycles. The van der Waals surface area contributed by atoms with E-state index in [1.165, 1.54) is 12.4 Å². The summed E-state index contributed by atoms with van der Waals surface area (Å²) in [7, 11) is -8.81. The number of benzene rings is 1. The second kappa shape index (κ2) is 8.30. The van der Waals surface area contributed by atoms with Crippen LogP contribution in [0.5, 0.6) is 5.75 Å². The number of ether oxygens (including phenoxy) is 1. The molecular weight excluding hydrogens is 440 g/mol. The molecule has 1 aromatic carbocycles. The molecule has 1 saturated heterocycles. The van der Waals surface area contributed by atoms with Crippen molar-refractivity contribution >= 4 is 21.2 Å². The van der Waals surface area contributed by atoms with Gasteiger partial charge < -0.3 is 19.6 Å². The summed E-state index contributed by atoms with van der Waals surface area (Å²) in [6.07, 6.45) is 4.70. The van der Waals surface area contributed by atoms with Gasteiger partial charge in [-0.2, -0.15) is 0 Å². The molecule has 4 unspecified atom stereocenters. The number of nitrogens with zero attached hydrogens (tertiary/aromatic N) is 1. The Labute approximate surface area is 181 Å². The highest BCUT2D eigenvalue weighted by Crippen LogP contribution is 2.78. The average molecular weight is 467 g/mol. The minimum absolute atomic E-state index is 0.245. The molecule has 1 aliphatic heterocycles. The maximum atomic E-state index is 13.0. The first-order valence-corrected chi connectivity index (χ1v) is 12.9. The summed E-state index contributed by atoms with van der Waals surface area (Å²) in [6, 6.07) is 9.59. The Balaban J connectivity index is 1.83. The molecule has 1 aromatic heterocycles. The quantitative estimate of drug-likeness (QED) is 0.437. The zero-order valence-corrected chi connectivity index (χ0v) is 19.4. The molecule has 4 atom stereocenters. The molecule has 3 N–H and O–H groups in total. The van der Waals surface area contributed by atoms with E-state index in [0.717, 1.165) is 0 Å². The van der Waals surface area contributed by atoms with Crippen molar-refractivity contribution in [3.05, 3.63) is 72.3 Å². The molecule has 0 spiro atoms. The van der Waals surface area contributed by atoms with Crippen LogP contribution in [0.1, 0.15) is 38.2 Å². The van der Waals surface area contributed by atoms with E-state index < -0.39 is 32.7 Å². The monoisotopic (exact) mass is 467 g/mol. The molecule has 3 rings (SSSR count). The van der Waals surface area contributed by atoms with E-state index in [1.54, 1.807) is 36.4 Å². The lowest BCUT2D eigenvalue weighted by molar-refractivity contribution is -0.0473. The molecule has 1 fully saturated rings. The van der Waals surface area contributed by atoms with Gasteiger partial charge in [-0.05, 0) is 30.1 Å². The van der Waals surface area contributed by atoms with E-state index in [-0.39, 0.29) is 5.41 Å². The minimum atomic E-state index is -4.78. The lowest BCUT2D eigenvalue weighted by Crippen LogP contribution is -2.38. The summed E-state index contributed by atoms with van der Waals surface area (Å²) in [4.78, 5) is 25.3. The number of hydrogen-bond acceptors (Lipinski definition) is 7. The summed E-state index contributed by atoms with van der Waals surface area (Å²) < 4.78 is 29.5. The predicted molar refractivity (Wildman–Crippen MR) is 120 cm³/mol.